The zero-order valence-electron chi connectivity index (χ0n) is 12.6. The fraction of sp³-hybridized carbons (Fsp3) is 0.375. The fourth-order valence-corrected chi connectivity index (χ4v) is 2.25. The number of esters is 1. The second-order valence-corrected chi connectivity index (χ2v) is 4.86. The quantitative estimate of drug-likeness (QED) is 0.639. The molecule has 2 aromatic rings. The molecular weight excluding hydrogens is 272 g/mol. The highest BCUT2D eigenvalue weighted by Crippen LogP contribution is 2.31. The summed E-state index contributed by atoms with van der Waals surface area (Å²) in [5.41, 5.74) is 1.78. The van der Waals surface area contributed by atoms with Gasteiger partial charge in [-0.05, 0) is 43.5 Å². The second kappa shape index (κ2) is 5.99. The Bertz CT molecular complexity index is 729. The minimum Gasteiger partial charge on any atom is -0.478 e. The summed E-state index contributed by atoms with van der Waals surface area (Å²) in [7, 11) is 1.31. The first kappa shape index (κ1) is 15.1. The summed E-state index contributed by atoms with van der Waals surface area (Å²) in [5, 5.41) is 0.721. The van der Waals surface area contributed by atoms with Crippen molar-refractivity contribution in [2.75, 3.05) is 7.11 Å². The van der Waals surface area contributed by atoms with E-state index in [-0.39, 0.29) is 0 Å². The highest BCUT2D eigenvalue weighted by Gasteiger charge is 2.18. The van der Waals surface area contributed by atoms with Crippen molar-refractivity contribution in [2.24, 2.45) is 0 Å². The van der Waals surface area contributed by atoms with Crippen molar-refractivity contribution in [1.82, 2.24) is 0 Å². The minimum absolute atomic E-state index is 0.392. The van der Waals surface area contributed by atoms with Crippen LogP contribution in [0.4, 0.5) is 0 Å². The van der Waals surface area contributed by atoms with E-state index in [4.69, 9.17) is 9.15 Å². The molecule has 0 spiro atoms. The lowest BCUT2D eigenvalue weighted by Gasteiger charge is -2.16. The molecule has 0 radical (unpaired) electrons. The molecular formula is C16H18O5. The summed E-state index contributed by atoms with van der Waals surface area (Å²) >= 11 is 0. The van der Waals surface area contributed by atoms with E-state index in [1.807, 2.05) is 19.9 Å². The van der Waals surface area contributed by atoms with Crippen LogP contribution in [-0.2, 0) is 16.0 Å². The lowest BCUT2D eigenvalue weighted by molar-refractivity contribution is -0.147. The summed E-state index contributed by atoms with van der Waals surface area (Å²) in [6.07, 6.45) is -0.0784. The molecule has 0 fully saturated rings. The number of aryl methyl sites for hydroxylation is 2. The molecule has 0 amide bonds. The average molecular weight is 290 g/mol. The van der Waals surface area contributed by atoms with Crippen molar-refractivity contribution in [3.63, 3.8) is 0 Å². The molecule has 0 aliphatic carbocycles. The zero-order chi connectivity index (χ0) is 15.6. The highest BCUT2D eigenvalue weighted by atomic mass is 16.6. The largest absolute Gasteiger partial charge is 0.478 e. The molecule has 21 heavy (non-hydrogen) atoms. The van der Waals surface area contributed by atoms with Crippen LogP contribution in [0.2, 0.25) is 0 Å². The number of hydrogen-bond donors (Lipinski definition) is 0. The van der Waals surface area contributed by atoms with E-state index < -0.39 is 17.7 Å². The van der Waals surface area contributed by atoms with Gasteiger partial charge in [0.15, 0.2) is 6.10 Å². The minimum atomic E-state index is -0.739. The molecule has 0 saturated heterocycles. The summed E-state index contributed by atoms with van der Waals surface area (Å²) < 4.78 is 15.6. The van der Waals surface area contributed by atoms with Gasteiger partial charge in [0.25, 0.3) is 0 Å². The maximum atomic E-state index is 11.6. The van der Waals surface area contributed by atoms with E-state index in [0.29, 0.717) is 17.8 Å². The van der Waals surface area contributed by atoms with Gasteiger partial charge in [0.05, 0.1) is 12.5 Å². The molecule has 112 valence electrons. The number of carbonyl (C=O) groups excluding carboxylic acids is 1. The third-order valence-corrected chi connectivity index (χ3v) is 3.25. The van der Waals surface area contributed by atoms with Crippen LogP contribution in [0.5, 0.6) is 5.75 Å². The molecule has 1 atom stereocenters. The van der Waals surface area contributed by atoms with E-state index >= 15 is 0 Å². The summed E-state index contributed by atoms with van der Waals surface area (Å²) in [4.78, 5) is 23.1. The van der Waals surface area contributed by atoms with Crippen molar-refractivity contribution >= 4 is 16.9 Å². The van der Waals surface area contributed by atoms with Crippen LogP contribution in [-0.4, -0.2) is 19.2 Å². The number of methoxy groups -OCH3 is 1. The third-order valence-electron chi connectivity index (χ3n) is 3.25. The van der Waals surface area contributed by atoms with Gasteiger partial charge < -0.3 is 13.9 Å². The number of fused-ring (bicyclic) bond motifs is 1. The van der Waals surface area contributed by atoms with E-state index in [1.54, 1.807) is 13.0 Å². The van der Waals surface area contributed by atoms with Crippen molar-refractivity contribution in [3.05, 3.63) is 39.7 Å². The molecule has 2 rings (SSSR count). The third kappa shape index (κ3) is 3.07. The van der Waals surface area contributed by atoms with E-state index in [0.717, 1.165) is 16.5 Å². The molecule has 1 aromatic carbocycles. The summed E-state index contributed by atoms with van der Waals surface area (Å²) in [6.45, 7) is 5.43. The van der Waals surface area contributed by atoms with Gasteiger partial charge in [0, 0.05) is 6.07 Å². The SMILES string of the molecule is CCc1cc(=O)oc2cc(C)cc(O[C@H](C)C(=O)OC)c12. The Balaban J connectivity index is 2.62. The Labute approximate surface area is 122 Å². The Morgan fingerprint density at radius 1 is 1.33 bits per heavy atom. The first-order valence-corrected chi connectivity index (χ1v) is 6.78. The van der Waals surface area contributed by atoms with E-state index in [9.17, 15) is 9.59 Å². The number of ether oxygens (including phenoxy) is 2. The zero-order valence-corrected chi connectivity index (χ0v) is 12.6. The topological polar surface area (TPSA) is 65.7 Å². The van der Waals surface area contributed by atoms with Gasteiger partial charge in [-0.25, -0.2) is 9.59 Å². The van der Waals surface area contributed by atoms with Gasteiger partial charge in [-0.1, -0.05) is 6.92 Å². The smallest absolute Gasteiger partial charge is 0.346 e. The summed E-state index contributed by atoms with van der Waals surface area (Å²) in [5.74, 6) is 0.0589. The first-order valence-electron chi connectivity index (χ1n) is 6.78. The maximum Gasteiger partial charge on any atom is 0.346 e. The first-order chi connectivity index (χ1) is 9.96. The van der Waals surface area contributed by atoms with Crippen LogP contribution in [0.1, 0.15) is 25.0 Å². The van der Waals surface area contributed by atoms with Crippen molar-refractivity contribution in [1.29, 1.82) is 0 Å². The molecule has 0 aliphatic heterocycles. The molecule has 0 bridgehead atoms. The number of rotatable bonds is 4. The highest BCUT2D eigenvalue weighted by molar-refractivity contribution is 5.88. The Morgan fingerprint density at radius 2 is 2.05 bits per heavy atom. The van der Waals surface area contributed by atoms with Gasteiger partial charge in [-0.15, -0.1) is 0 Å². The van der Waals surface area contributed by atoms with Crippen LogP contribution in [0.15, 0.2) is 27.4 Å². The predicted octanol–water partition coefficient (Wildman–Crippen LogP) is 2.60. The normalized spacial score (nSPS) is 12.2. The predicted molar refractivity (Wildman–Crippen MR) is 78.7 cm³/mol. The molecule has 1 aromatic heterocycles. The van der Waals surface area contributed by atoms with Crippen LogP contribution in [0.3, 0.4) is 0 Å². The van der Waals surface area contributed by atoms with Gasteiger partial charge in [0.2, 0.25) is 0 Å². The van der Waals surface area contributed by atoms with Crippen LogP contribution < -0.4 is 10.4 Å². The average Bonchev–Trinajstić information content (AvgIpc) is 2.44. The van der Waals surface area contributed by atoms with Gasteiger partial charge in [-0.3, -0.25) is 0 Å². The second-order valence-electron chi connectivity index (χ2n) is 4.86. The molecule has 1 heterocycles. The molecule has 5 nitrogen and oxygen atoms in total. The number of carbonyl (C=O) groups is 1. The number of hydrogen-bond acceptors (Lipinski definition) is 5. The molecule has 0 saturated carbocycles. The Hall–Kier alpha value is -2.30. The van der Waals surface area contributed by atoms with Gasteiger partial charge >= 0.3 is 11.6 Å². The molecule has 0 aliphatic rings. The van der Waals surface area contributed by atoms with Gasteiger partial charge in [-0.2, -0.15) is 0 Å². The fourth-order valence-electron chi connectivity index (χ4n) is 2.25. The lowest BCUT2D eigenvalue weighted by atomic mass is 10.0. The van der Waals surface area contributed by atoms with Crippen LogP contribution in [0.25, 0.3) is 11.0 Å². The Morgan fingerprint density at radius 3 is 2.67 bits per heavy atom. The van der Waals surface area contributed by atoms with Gasteiger partial charge in [0.1, 0.15) is 11.3 Å². The molecule has 0 unspecified atom stereocenters. The van der Waals surface area contributed by atoms with Crippen LogP contribution >= 0.6 is 0 Å². The standard InChI is InChI=1S/C16H18O5/c1-5-11-8-14(17)21-13-7-9(2)6-12(15(11)13)20-10(3)16(18)19-4/h6-8,10H,5H2,1-4H3/t10-/m1/s1. The maximum absolute atomic E-state index is 11.6. The van der Waals surface area contributed by atoms with E-state index in [2.05, 4.69) is 4.74 Å². The number of benzene rings is 1. The van der Waals surface area contributed by atoms with Crippen LogP contribution in [0, 0.1) is 6.92 Å². The summed E-state index contributed by atoms with van der Waals surface area (Å²) in [6, 6.07) is 5.06. The molecule has 0 N–H and O–H groups in total. The molecule has 5 heteroatoms. The lowest BCUT2D eigenvalue weighted by Crippen LogP contribution is -2.25. The van der Waals surface area contributed by atoms with E-state index in [1.165, 1.54) is 13.2 Å². The van der Waals surface area contributed by atoms with Crippen molar-refractivity contribution in [3.8, 4) is 5.75 Å². The Kier molecular flexibility index (Phi) is 4.31. The van der Waals surface area contributed by atoms with Crippen molar-refractivity contribution in [2.45, 2.75) is 33.3 Å². The van der Waals surface area contributed by atoms with Crippen molar-refractivity contribution < 1.29 is 18.7 Å². The monoisotopic (exact) mass is 290 g/mol.